The van der Waals surface area contributed by atoms with Crippen LogP contribution in [0, 0.1) is 23.6 Å². The lowest BCUT2D eigenvalue weighted by molar-refractivity contribution is 0.104. The molecule has 3 rings (SSSR count). The van der Waals surface area contributed by atoms with Gasteiger partial charge in [0, 0.05) is 0 Å². The van der Waals surface area contributed by atoms with E-state index >= 15 is 0 Å². The van der Waals surface area contributed by atoms with Crippen molar-refractivity contribution in [2.45, 2.75) is 25.4 Å². The van der Waals surface area contributed by atoms with Gasteiger partial charge in [0.25, 0.3) is 0 Å². The first-order valence-corrected chi connectivity index (χ1v) is 6.57. The van der Waals surface area contributed by atoms with Crippen molar-refractivity contribution < 1.29 is 9.50 Å². The lowest BCUT2D eigenvalue weighted by atomic mass is 9.92. The van der Waals surface area contributed by atoms with Crippen molar-refractivity contribution in [3.05, 3.63) is 34.1 Å². The van der Waals surface area contributed by atoms with Crippen LogP contribution in [-0.4, -0.2) is 5.11 Å². The molecular weight excluding hydrogens is 271 g/mol. The second kappa shape index (κ2) is 3.81. The van der Waals surface area contributed by atoms with Crippen molar-refractivity contribution in [3.8, 4) is 0 Å². The van der Waals surface area contributed by atoms with Crippen LogP contribution in [0.3, 0.4) is 0 Å². The Labute approximate surface area is 103 Å². The molecule has 3 heteroatoms. The van der Waals surface area contributed by atoms with Crippen LogP contribution in [0.15, 0.2) is 22.7 Å². The summed E-state index contributed by atoms with van der Waals surface area (Å²) >= 11 is 3.16. The molecule has 2 aliphatic rings. The van der Waals surface area contributed by atoms with Gasteiger partial charge in [-0.2, -0.15) is 0 Å². The molecule has 1 aromatic rings. The second-order valence-corrected chi connectivity index (χ2v) is 5.96. The Morgan fingerprint density at radius 1 is 1.25 bits per heavy atom. The Morgan fingerprint density at radius 2 is 1.94 bits per heavy atom. The number of aliphatic hydroxyl groups excluding tert-OH is 1. The molecule has 16 heavy (non-hydrogen) atoms. The van der Waals surface area contributed by atoms with Gasteiger partial charge < -0.3 is 5.11 Å². The largest absolute Gasteiger partial charge is 0.388 e. The van der Waals surface area contributed by atoms with Crippen LogP contribution < -0.4 is 0 Å². The second-order valence-electron chi connectivity index (χ2n) is 5.11. The third-order valence-electron chi connectivity index (χ3n) is 4.01. The van der Waals surface area contributed by atoms with Crippen molar-refractivity contribution in [2.75, 3.05) is 0 Å². The Morgan fingerprint density at radius 3 is 2.56 bits per heavy atom. The summed E-state index contributed by atoms with van der Waals surface area (Å²) in [5.41, 5.74) is 0.833. The number of benzene rings is 1. The molecule has 0 amide bonds. The summed E-state index contributed by atoms with van der Waals surface area (Å²) < 4.78 is 13.5. The Balaban J connectivity index is 1.77. The number of halogens is 2. The maximum atomic E-state index is 13.1. The van der Waals surface area contributed by atoms with E-state index in [0.29, 0.717) is 10.4 Å². The van der Waals surface area contributed by atoms with Gasteiger partial charge in [0.05, 0.1) is 10.6 Å². The molecule has 1 nitrogen and oxygen atoms in total. The summed E-state index contributed by atoms with van der Waals surface area (Å²) in [5.74, 6) is 1.83. The van der Waals surface area contributed by atoms with Crippen molar-refractivity contribution in [3.63, 3.8) is 0 Å². The standard InChI is InChI=1S/C13H14BrFO/c14-11-6-7(1-2-12(11)15)13(16)10-4-8-3-9(8)5-10/h1-2,6,8-10,13,16H,3-5H2. The van der Waals surface area contributed by atoms with E-state index in [-0.39, 0.29) is 5.82 Å². The fourth-order valence-electron chi connectivity index (χ4n) is 2.99. The molecule has 1 aromatic carbocycles. The highest BCUT2D eigenvalue weighted by Gasteiger charge is 2.47. The van der Waals surface area contributed by atoms with Gasteiger partial charge in [-0.3, -0.25) is 0 Å². The molecule has 1 N–H and O–H groups in total. The van der Waals surface area contributed by atoms with Crippen molar-refractivity contribution >= 4 is 15.9 Å². The number of aliphatic hydroxyl groups is 1. The first-order valence-electron chi connectivity index (χ1n) is 5.78. The average Bonchev–Trinajstić information content (AvgIpc) is 2.89. The highest BCUT2D eigenvalue weighted by molar-refractivity contribution is 9.10. The van der Waals surface area contributed by atoms with Crippen LogP contribution in [0.5, 0.6) is 0 Å². The Bertz CT molecular complexity index is 410. The maximum Gasteiger partial charge on any atom is 0.137 e. The van der Waals surface area contributed by atoms with Crippen LogP contribution >= 0.6 is 15.9 Å². The zero-order valence-corrected chi connectivity index (χ0v) is 10.5. The molecule has 0 heterocycles. The van der Waals surface area contributed by atoms with Gasteiger partial charge in [-0.15, -0.1) is 0 Å². The molecule has 0 bridgehead atoms. The zero-order valence-electron chi connectivity index (χ0n) is 8.87. The highest BCUT2D eigenvalue weighted by Crippen LogP contribution is 2.57. The van der Waals surface area contributed by atoms with Gasteiger partial charge >= 0.3 is 0 Å². The molecule has 3 atom stereocenters. The van der Waals surface area contributed by atoms with Crippen molar-refractivity contribution in [2.24, 2.45) is 17.8 Å². The topological polar surface area (TPSA) is 20.2 Å². The zero-order chi connectivity index (χ0) is 11.3. The molecule has 2 fully saturated rings. The summed E-state index contributed by atoms with van der Waals surface area (Å²) in [7, 11) is 0. The quantitative estimate of drug-likeness (QED) is 0.879. The third-order valence-corrected chi connectivity index (χ3v) is 4.62. The number of fused-ring (bicyclic) bond motifs is 1. The molecule has 0 aliphatic heterocycles. The average molecular weight is 285 g/mol. The minimum absolute atomic E-state index is 0.273. The fraction of sp³-hybridized carbons (Fsp3) is 0.538. The monoisotopic (exact) mass is 284 g/mol. The van der Waals surface area contributed by atoms with Gasteiger partial charge in [-0.1, -0.05) is 6.07 Å². The first-order chi connectivity index (χ1) is 7.65. The smallest absolute Gasteiger partial charge is 0.137 e. The Hall–Kier alpha value is -0.410. The molecule has 86 valence electrons. The lowest BCUT2D eigenvalue weighted by Gasteiger charge is -2.20. The molecule has 0 spiro atoms. The SMILES string of the molecule is OC(c1ccc(F)c(Br)c1)C1CC2CC2C1. The van der Waals surface area contributed by atoms with Gasteiger partial charge in [-0.05, 0) is 70.6 Å². The minimum atomic E-state index is -0.426. The molecule has 2 saturated carbocycles. The van der Waals surface area contributed by atoms with Crippen LogP contribution in [0.25, 0.3) is 0 Å². The third kappa shape index (κ3) is 1.80. The summed E-state index contributed by atoms with van der Waals surface area (Å²) in [6, 6.07) is 4.80. The molecule has 0 radical (unpaired) electrons. The van der Waals surface area contributed by atoms with E-state index in [2.05, 4.69) is 15.9 Å². The summed E-state index contributed by atoms with van der Waals surface area (Å²) in [6.07, 6.45) is 3.21. The van der Waals surface area contributed by atoms with Gasteiger partial charge in [0.2, 0.25) is 0 Å². The summed E-state index contributed by atoms with van der Waals surface area (Å²) in [6.45, 7) is 0. The normalized spacial score (nSPS) is 33.6. The lowest BCUT2D eigenvalue weighted by Crippen LogP contribution is -2.11. The maximum absolute atomic E-state index is 13.1. The van der Waals surface area contributed by atoms with E-state index in [1.165, 1.54) is 12.5 Å². The van der Waals surface area contributed by atoms with Gasteiger partial charge in [0.1, 0.15) is 5.82 Å². The fourth-order valence-corrected chi connectivity index (χ4v) is 3.38. The van der Waals surface area contributed by atoms with E-state index in [1.54, 1.807) is 12.1 Å². The Kier molecular flexibility index (Phi) is 2.55. The first kappa shape index (κ1) is 10.7. The molecule has 0 saturated heterocycles. The van der Waals surface area contributed by atoms with E-state index in [4.69, 9.17) is 0 Å². The molecule has 0 aromatic heterocycles. The van der Waals surface area contributed by atoms with Crippen LogP contribution in [-0.2, 0) is 0 Å². The highest BCUT2D eigenvalue weighted by atomic mass is 79.9. The number of hydrogen-bond donors (Lipinski definition) is 1. The number of rotatable bonds is 2. The van der Waals surface area contributed by atoms with Gasteiger partial charge in [0.15, 0.2) is 0 Å². The predicted octanol–water partition coefficient (Wildman–Crippen LogP) is 3.67. The van der Waals surface area contributed by atoms with Crippen LogP contribution in [0.2, 0.25) is 0 Å². The molecular formula is C13H14BrFO. The summed E-state index contributed by atoms with van der Waals surface area (Å²) in [4.78, 5) is 0. The predicted molar refractivity (Wildman–Crippen MR) is 63.4 cm³/mol. The van der Waals surface area contributed by atoms with Gasteiger partial charge in [-0.25, -0.2) is 4.39 Å². The van der Waals surface area contributed by atoms with Crippen molar-refractivity contribution in [1.82, 2.24) is 0 Å². The number of hydrogen-bond acceptors (Lipinski definition) is 1. The van der Waals surface area contributed by atoms with Crippen LogP contribution in [0.1, 0.15) is 30.9 Å². The minimum Gasteiger partial charge on any atom is -0.388 e. The van der Waals surface area contributed by atoms with E-state index in [0.717, 1.165) is 30.2 Å². The molecule has 2 aliphatic carbocycles. The van der Waals surface area contributed by atoms with E-state index < -0.39 is 6.10 Å². The van der Waals surface area contributed by atoms with Crippen LogP contribution in [0.4, 0.5) is 4.39 Å². The van der Waals surface area contributed by atoms with Crippen molar-refractivity contribution in [1.29, 1.82) is 0 Å². The molecule has 3 unspecified atom stereocenters. The van der Waals surface area contributed by atoms with E-state index in [1.807, 2.05) is 0 Å². The summed E-state index contributed by atoms with van der Waals surface area (Å²) in [5, 5.41) is 10.2. The van der Waals surface area contributed by atoms with E-state index in [9.17, 15) is 9.50 Å².